The molecule has 1 N–H and O–H groups in total. The molecule has 3 nitrogen and oxygen atoms in total. The van der Waals surface area contributed by atoms with Gasteiger partial charge in [-0.3, -0.25) is 4.79 Å². The first-order chi connectivity index (χ1) is 11.6. The molecule has 1 aromatic heterocycles. The Hall–Kier alpha value is -1.89. The number of halogens is 2. The summed E-state index contributed by atoms with van der Waals surface area (Å²) in [6.07, 6.45) is 0. The van der Waals surface area contributed by atoms with E-state index in [1.54, 1.807) is 46.8 Å². The number of thioether (sulfide) groups is 1. The Morgan fingerprint density at radius 3 is 2.75 bits per heavy atom. The van der Waals surface area contributed by atoms with Crippen LogP contribution in [0, 0.1) is 5.82 Å². The quantitative estimate of drug-likeness (QED) is 0.597. The van der Waals surface area contributed by atoms with Crippen LogP contribution in [0.5, 0.6) is 0 Å². The Morgan fingerprint density at radius 2 is 2.04 bits per heavy atom. The lowest BCUT2D eigenvalue weighted by molar-refractivity contribution is 0.102. The number of nitrogens with one attached hydrogen (secondary N) is 1. The highest BCUT2D eigenvalue weighted by molar-refractivity contribution is 7.98. The van der Waals surface area contributed by atoms with E-state index in [1.807, 2.05) is 17.5 Å². The van der Waals surface area contributed by atoms with Crippen LogP contribution in [0.25, 0.3) is 0 Å². The van der Waals surface area contributed by atoms with Crippen molar-refractivity contribution in [2.45, 2.75) is 10.6 Å². The summed E-state index contributed by atoms with van der Waals surface area (Å²) in [6, 6.07) is 11.6. The molecule has 3 rings (SSSR count). The fourth-order valence-corrected chi connectivity index (χ4v) is 3.60. The molecule has 0 aliphatic heterocycles. The van der Waals surface area contributed by atoms with Crippen LogP contribution >= 0.6 is 34.7 Å². The molecular weight excluding hydrogens is 367 g/mol. The van der Waals surface area contributed by atoms with E-state index < -0.39 is 5.82 Å². The molecule has 0 fully saturated rings. The second-order valence-corrected chi connectivity index (χ2v) is 7.02. The Bertz CT molecular complexity index is 838. The van der Waals surface area contributed by atoms with E-state index in [9.17, 15) is 9.18 Å². The van der Waals surface area contributed by atoms with Crippen molar-refractivity contribution >= 4 is 46.3 Å². The van der Waals surface area contributed by atoms with Crippen LogP contribution in [0.1, 0.15) is 16.1 Å². The second-order valence-electron chi connectivity index (χ2n) is 4.85. The smallest absolute Gasteiger partial charge is 0.255 e. The van der Waals surface area contributed by atoms with Crippen LogP contribution < -0.4 is 5.32 Å². The first-order valence-corrected chi connectivity index (χ1v) is 9.29. The number of carbonyl (C=O) groups excluding carboxylic acids is 1. The maximum Gasteiger partial charge on any atom is 0.255 e. The first kappa shape index (κ1) is 17.0. The zero-order valence-electron chi connectivity index (χ0n) is 12.3. The van der Waals surface area contributed by atoms with Crippen molar-refractivity contribution in [1.29, 1.82) is 0 Å². The van der Waals surface area contributed by atoms with Gasteiger partial charge in [-0.1, -0.05) is 17.7 Å². The van der Waals surface area contributed by atoms with Gasteiger partial charge in [-0.15, -0.1) is 23.1 Å². The predicted octanol–water partition coefficient (Wildman–Crippen LogP) is 5.48. The topological polar surface area (TPSA) is 42.0 Å². The summed E-state index contributed by atoms with van der Waals surface area (Å²) < 4.78 is 13.8. The molecule has 0 radical (unpaired) electrons. The summed E-state index contributed by atoms with van der Waals surface area (Å²) in [7, 11) is 0. The molecule has 0 saturated carbocycles. The van der Waals surface area contributed by atoms with E-state index in [0.717, 1.165) is 16.3 Å². The van der Waals surface area contributed by atoms with Crippen molar-refractivity contribution in [2.24, 2.45) is 0 Å². The van der Waals surface area contributed by atoms with Crippen molar-refractivity contribution in [3.05, 3.63) is 75.5 Å². The average molecular weight is 379 g/mol. The monoisotopic (exact) mass is 378 g/mol. The van der Waals surface area contributed by atoms with E-state index >= 15 is 0 Å². The minimum Gasteiger partial charge on any atom is -0.319 e. The predicted molar refractivity (Wildman–Crippen MR) is 97.5 cm³/mol. The molecule has 7 heteroatoms. The van der Waals surface area contributed by atoms with Gasteiger partial charge >= 0.3 is 0 Å². The van der Waals surface area contributed by atoms with Gasteiger partial charge in [0.05, 0.1) is 21.9 Å². The van der Waals surface area contributed by atoms with Gasteiger partial charge in [-0.2, -0.15) is 0 Å². The van der Waals surface area contributed by atoms with E-state index in [1.165, 1.54) is 12.1 Å². The van der Waals surface area contributed by atoms with Gasteiger partial charge in [-0.05, 0) is 36.4 Å². The van der Waals surface area contributed by atoms with Crippen LogP contribution in [0.2, 0.25) is 5.02 Å². The number of hydrogen-bond donors (Lipinski definition) is 1. The highest BCUT2D eigenvalue weighted by Gasteiger charge is 2.11. The molecule has 3 aromatic rings. The van der Waals surface area contributed by atoms with Gasteiger partial charge in [0.25, 0.3) is 5.91 Å². The van der Waals surface area contributed by atoms with Crippen LogP contribution in [-0.2, 0) is 5.75 Å². The standard InChI is InChI=1S/C17H12ClFN2OS2/c18-14-2-1-3-15(16(14)19)21-17(22)11-4-6-13(7-5-11)24-9-12-8-23-10-20-12/h1-8,10H,9H2,(H,21,22). The molecule has 0 unspecified atom stereocenters. The summed E-state index contributed by atoms with van der Waals surface area (Å²) in [5, 5.41) is 4.51. The van der Waals surface area contributed by atoms with Gasteiger partial charge in [0.1, 0.15) is 0 Å². The lowest BCUT2D eigenvalue weighted by Gasteiger charge is -2.08. The second kappa shape index (κ2) is 7.79. The third kappa shape index (κ3) is 4.14. The number of thiazole rings is 1. The number of anilines is 1. The van der Waals surface area contributed by atoms with E-state index in [0.29, 0.717) is 5.56 Å². The third-order valence-electron chi connectivity index (χ3n) is 3.19. The van der Waals surface area contributed by atoms with Crippen LogP contribution in [0.3, 0.4) is 0 Å². The first-order valence-electron chi connectivity index (χ1n) is 6.99. The molecule has 1 heterocycles. The summed E-state index contributed by atoms with van der Waals surface area (Å²) in [5.74, 6) is -0.238. The number of aromatic nitrogens is 1. The number of benzene rings is 2. The fraction of sp³-hybridized carbons (Fsp3) is 0.0588. The van der Waals surface area contributed by atoms with Crippen LogP contribution in [-0.4, -0.2) is 10.9 Å². The zero-order chi connectivity index (χ0) is 16.9. The summed E-state index contributed by atoms with van der Waals surface area (Å²) in [4.78, 5) is 17.5. The van der Waals surface area contributed by atoms with Gasteiger partial charge in [-0.25, -0.2) is 9.37 Å². The maximum absolute atomic E-state index is 13.8. The van der Waals surface area contributed by atoms with E-state index in [2.05, 4.69) is 10.3 Å². The van der Waals surface area contributed by atoms with Crippen LogP contribution in [0.15, 0.2) is 58.3 Å². The molecule has 24 heavy (non-hydrogen) atoms. The van der Waals surface area contributed by atoms with E-state index in [-0.39, 0.29) is 16.6 Å². The summed E-state index contributed by atoms with van der Waals surface area (Å²) >= 11 is 8.92. The molecule has 0 spiro atoms. The van der Waals surface area contributed by atoms with Crippen molar-refractivity contribution in [3.8, 4) is 0 Å². The van der Waals surface area contributed by atoms with Crippen molar-refractivity contribution in [2.75, 3.05) is 5.32 Å². The highest BCUT2D eigenvalue weighted by Crippen LogP contribution is 2.25. The molecule has 0 saturated heterocycles. The molecule has 1 amide bonds. The Kier molecular flexibility index (Phi) is 5.50. The molecular formula is C17H12ClFN2OS2. The Labute approximate surface area is 151 Å². The maximum atomic E-state index is 13.8. The SMILES string of the molecule is O=C(Nc1cccc(Cl)c1F)c1ccc(SCc2cscn2)cc1. The van der Waals surface area contributed by atoms with Gasteiger partial charge in [0.2, 0.25) is 0 Å². The molecule has 0 aliphatic rings. The number of hydrogen-bond acceptors (Lipinski definition) is 4. The third-order valence-corrected chi connectivity index (χ3v) is 5.16. The van der Waals surface area contributed by atoms with E-state index in [4.69, 9.17) is 11.6 Å². The minimum absolute atomic E-state index is 0.0263. The van der Waals surface area contributed by atoms with Gasteiger partial charge < -0.3 is 5.32 Å². The molecule has 0 bridgehead atoms. The zero-order valence-corrected chi connectivity index (χ0v) is 14.7. The van der Waals surface area contributed by atoms with Crippen LogP contribution in [0.4, 0.5) is 10.1 Å². The number of rotatable bonds is 5. The average Bonchev–Trinajstić information content (AvgIpc) is 3.11. The number of nitrogens with zero attached hydrogens (tertiary/aromatic N) is 1. The Morgan fingerprint density at radius 1 is 1.25 bits per heavy atom. The highest BCUT2D eigenvalue weighted by atomic mass is 35.5. The normalized spacial score (nSPS) is 10.6. The van der Waals surface area contributed by atoms with Crippen molar-refractivity contribution in [3.63, 3.8) is 0 Å². The van der Waals surface area contributed by atoms with Gasteiger partial charge in [0.15, 0.2) is 5.82 Å². The molecule has 0 aliphatic carbocycles. The Balaban J connectivity index is 1.64. The lowest BCUT2D eigenvalue weighted by atomic mass is 10.2. The molecule has 122 valence electrons. The lowest BCUT2D eigenvalue weighted by Crippen LogP contribution is -2.12. The van der Waals surface area contributed by atoms with Crippen molar-refractivity contribution in [1.82, 2.24) is 4.98 Å². The number of amides is 1. The summed E-state index contributed by atoms with van der Waals surface area (Å²) in [6.45, 7) is 0. The summed E-state index contributed by atoms with van der Waals surface area (Å²) in [5.41, 5.74) is 3.35. The molecule has 0 atom stereocenters. The van der Waals surface area contributed by atoms with Crippen molar-refractivity contribution < 1.29 is 9.18 Å². The fourth-order valence-electron chi connectivity index (χ4n) is 1.96. The number of carbonyl (C=O) groups is 1. The minimum atomic E-state index is -0.636. The van der Waals surface area contributed by atoms with Gasteiger partial charge in [0, 0.05) is 21.6 Å². The molecule has 2 aromatic carbocycles. The largest absolute Gasteiger partial charge is 0.319 e.